The van der Waals surface area contributed by atoms with Gasteiger partial charge in [-0.25, -0.2) is 8.42 Å². The fourth-order valence-corrected chi connectivity index (χ4v) is 8.10. The first-order valence-corrected chi connectivity index (χ1v) is 15.4. The highest BCUT2D eigenvalue weighted by Gasteiger charge is 2.46. The lowest BCUT2D eigenvalue weighted by Crippen LogP contribution is -2.51. The van der Waals surface area contributed by atoms with Gasteiger partial charge in [0.1, 0.15) is 17.0 Å². The van der Waals surface area contributed by atoms with Crippen LogP contribution >= 0.6 is 0 Å². The Morgan fingerprint density at radius 3 is 2.36 bits per heavy atom. The van der Waals surface area contributed by atoms with Crippen molar-refractivity contribution in [2.45, 2.75) is 67.2 Å². The number of rotatable bonds is 5. The summed E-state index contributed by atoms with van der Waals surface area (Å²) in [6.07, 6.45) is 6.76. The van der Waals surface area contributed by atoms with E-state index >= 15 is 0 Å². The lowest BCUT2D eigenvalue weighted by Gasteiger charge is -2.35. The average molecular weight is 553 g/mol. The van der Waals surface area contributed by atoms with Crippen molar-refractivity contribution in [3.05, 3.63) is 51.9 Å². The topological polar surface area (TPSA) is 127 Å². The number of ether oxygens (including phenoxy) is 1. The maximum Gasteiger partial charge on any atom is 0.276 e. The zero-order chi connectivity index (χ0) is 27.0. The molecule has 206 valence electrons. The lowest BCUT2D eigenvalue weighted by atomic mass is 9.93. The second-order valence-electron chi connectivity index (χ2n) is 11.7. The molecule has 2 N–H and O–H groups in total. The van der Waals surface area contributed by atoms with E-state index < -0.39 is 27.0 Å². The van der Waals surface area contributed by atoms with Crippen molar-refractivity contribution in [1.82, 2.24) is 9.88 Å². The van der Waals surface area contributed by atoms with E-state index in [1.807, 2.05) is 0 Å². The van der Waals surface area contributed by atoms with Gasteiger partial charge in [-0.15, -0.1) is 0 Å². The lowest BCUT2D eigenvalue weighted by molar-refractivity contribution is 0.0120. The van der Waals surface area contributed by atoms with Crippen LogP contribution in [0.2, 0.25) is 0 Å². The predicted molar refractivity (Wildman–Crippen MR) is 144 cm³/mol. The number of hydrogen-bond acceptors (Lipinski definition) is 7. The van der Waals surface area contributed by atoms with Crippen LogP contribution in [-0.4, -0.2) is 56.4 Å². The number of carbonyl (C=O) groups is 2. The van der Waals surface area contributed by atoms with Crippen LogP contribution in [0.4, 0.5) is 11.4 Å². The molecule has 39 heavy (non-hydrogen) atoms. The molecule has 5 aliphatic rings. The van der Waals surface area contributed by atoms with Crippen molar-refractivity contribution in [3.63, 3.8) is 0 Å². The first-order valence-electron chi connectivity index (χ1n) is 13.8. The van der Waals surface area contributed by atoms with Gasteiger partial charge in [0.25, 0.3) is 17.4 Å². The SMILES string of the molecule is O=C(Nc1ccc2n(c1=O)C1(CCOCC1)NC2=O)c1ccc(S(=O)(=O)C2CC2)cc1N1CCC2(CC1)CC2. The summed E-state index contributed by atoms with van der Waals surface area (Å²) < 4.78 is 33.0. The molecule has 4 heterocycles. The predicted octanol–water partition coefficient (Wildman–Crippen LogP) is 2.62. The molecule has 10 nitrogen and oxygen atoms in total. The number of nitrogens with one attached hydrogen (secondary N) is 2. The molecule has 0 radical (unpaired) electrons. The van der Waals surface area contributed by atoms with Crippen molar-refractivity contribution < 1.29 is 22.7 Å². The van der Waals surface area contributed by atoms with Crippen LogP contribution in [0.3, 0.4) is 0 Å². The van der Waals surface area contributed by atoms with E-state index in [-0.39, 0.29) is 27.4 Å². The van der Waals surface area contributed by atoms with Gasteiger partial charge in [0.2, 0.25) is 0 Å². The second kappa shape index (κ2) is 8.66. The van der Waals surface area contributed by atoms with Crippen LogP contribution in [-0.2, 0) is 20.2 Å². The molecule has 1 aromatic carbocycles. The summed E-state index contributed by atoms with van der Waals surface area (Å²) in [4.78, 5) is 42.3. The molecule has 2 saturated carbocycles. The van der Waals surface area contributed by atoms with Crippen molar-refractivity contribution in [2.75, 3.05) is 36.5 Å². The maximum atomic E-state index is 13.7. The molecule has 0 atom stereocenters. The van der Waals surface area contributed by atoms with E-state index in [1.165, 1.54) is 29.5 Å². The summed E-state index contributed by atoms with van der Waals surface area (Å²) in [6, 6.07) is 7.74. The molecule has 4 fully saturated rings. The number of piperidine rings is 1. The molecule has 2 spiro atoms. The number of aromatic nitrogens is 1. The summed E-state index contributed by atoms with van der Waals surface area (Å²) in [5, 5.41) is 5.38. The third-order valence-corrected chi connectivity index (χ3v) is 11.5. The molecule has 0 bridgehead atoms. The van der Waals surface area contributed by atoms with Gasteiger partial charge in [-0.05, 0) is 74.3 Å². The number of benzene rings is 1. The molecule has 2 saturated heterocycles. The summed E-state index contributed by atoms with van der Waals surface area (Å²) in [6.45, 7) is 2.35. The Morgan fingerprint density at radius 2 is 1.69 bits per heavy atom. The van der Waals surface area contributed by atoms with E-state index in [0.717, 1.165) is 25.9 Å². The van der Waals surface area contributed by atoms with Gasteiger partial charge in [0.05, 0.1) is 34.6 Å². The Labute approximate surface area is 226 Å². The van der Waals surface area contributed by atoms with Crippen LogP contribution < -0.4 is 21.1 Å². The van der Waals surface area contributed by atoms with Crippen molar-refractivity contribution in [2.24, 2.45) is 5.41 Å². The Hall–Kier alpha value is -3.18. The highest BCUT2D eigenvalue weighted by atomic mass is 32.2. The Kier molecular flexibility index (Phi) is 5.51. The molecule has 2 aliphatic carbocycles. The summed E-state index contributed by atoms with van der Waals surface area (Å²) in [5.74, 6) is -0.803. The third-order valence-electron chi connectivity index (χ3n) is 9.28. The fraction of sp³-hybridized carbons (Fsp3) is 0.536. The smallest absolute Gasteiger partial charge is 0.276 e. The maximum absolute atomic E-state index is 13.7. The zero-order valence-corrected chi connectivity index (χ0v) is 22.5. The van der Waals surface area contributed by atoms with Gasteiger partial charge in [0.15, 0.2) is 9.84 Å². The van der Waals surface area contributed by atoms with Crippen LogP contribution in [0.25, 0.3) is 0 Å². The quantitative estimate of drug-likeness (QED) is 0.584. The normalized spacial score (nSPS) is 23.0. The minimum atomic E-state index is -3.43. The van der Waals surface area contributed by atoms with Gasteiger partial charge in [-0.3, -0.25) is 19.0 Å². The summed E-state index contributed by atoms with van der Waals surface area (Å²) in [7, 11) is -3.43. The fourth-order valence-electron chi connectivity index (χ4n) is 6.43. The van der Waals surface area contributed by atoms with Crippen LogP contribution in [0.1, 0.15) is 72.2 Å². The number of fused-ring (bicyclic) bond motifs is 2. The monoisotopic (exact) mass is 552 g/mol. The number of carbonyl (C=O) groups excluding carboxylic acids is 2. The van der Waals surface area contributed by atoms with Crippen molar-refractivity contribution in [3.8, 4) is 0 Å². The highest BCUT2D eigenvalue weighted by Crippen LogP contribution is 2.54. The first-order chi connectivity index (χ1) is 18.7. The van der Waals surface area contributed by atoms with Crippen molar-refractivity contribution in [1.29, 1.82) is 0 Å². The van der Waals surface area contributed by atoms with Gasteiger partial charge >= 0.3 is 0 Å². The summed E-state index contributed by atoms with van der Waals surface area (Å²) in [5.41, 5.74) is 0.351. The third kappa shape index (κ3) is 4.09. The van der Waals surface area contributed by atoms with Crippen LogP contribution in [0, 0.1) is 5.41 Å². The van der Waals surface area contributed by atoms with Crippen LogP contribution in [0.5, 0.6) is 0 Å². The first kappa shape index (κ1) is 24.8. The standard InChI is InChI=1S/C28H32N4O6S/c33-24(29-21-5-6-22-25(34)30-28(32(22)26(21)35)11-15-38-16-12-28)20-4-3-19(39(36,37)18-1-2-18)17-23(20)31-13-9-27(7-8-27)10-14-31/h3-6,17-18H,1-2,7-16H2,(H,29,33)(H,30,34). The molecular formula is C28H32N4O6S. The number of nitrogens with zero attached hydrogens (tertiary/aromatic N) is 2. The largest absolute Gasteiger partial charge is 0.381 e. The molecule has 3 aliphatic heterocycles. The Morgan fingerprint density at radius 1 is 0.974 bits per heavy atom. The molecular weight excluding hydrogens is 520 g/mol. The number of anilines is 2. The number of pyridine rings is 1. The van der Waals surface area contributed by atoms with Gasteiger partial charge in [-0.1, -0.05) is 0 Å². The molecule has 2 aromatic rings. The van der Waals surface area contributed by atoms with Crippen LogP contribution in [0.15, 0.2) is 40.0 Å². The molecule has 7 rings (SSSR count). The average Bonchev–Trinajstić information content (AvgIpc) is 3.87. The van der Waals surface area contributed by atoms with Crippen molar-refractivity contribution >= 4 is 33.0 Å². The van der Waals surface area contributed by atoms with E-state index in [9.17, 15) is 22.8 Å². The van der Waals surface area contributed by atoms with Gasteiger partial charge in [0, 0.05) is 25.9 Å². The van der Waals surface area contributed by atoms with Gasteiger partial charge in [-0.2, -0.15) is 0 Å². The Balaban J connectivity index is 1.23. The molecule has 11 heteroatoms. The highest BCUT2D eigenvalue weighted by molar-refractivity contribution is 7.92. The van der Waals surface area contributed by atoms with E-state index in [0.29, 0.717) is 55.6 Å². The zero-order valence-electron chi connectivity index (χ0n) is 21.7. The molecule has 2 amide bonds. The Bertz CT molecular complexity index is 1540. The van der Waals surface area contributed by atoms with E-state index in [2.05, 4.69) is 15.5 Å². The molecule has 1 aromatic heterocycles. The number of sulfone groups is 1. The van der Waals surface area contributed by atoms with E-state index in [4.69, 9.17) is 4.74 Å². The minimum absolute atomic E-state index is 0.0716. The molecule has 0 unspecified atom stereocenters. The summed E-state index contributed by atoms with van der Waals surface area (Å²) >= 11 is 0. The number of hydrogen-bond donors (Lipinski definition) is 2. The van der Waals surface area contributed by atoms with Gasteiger partial charge < -0.3 is 20.3 Å². The number of amides is 2. The minimum Gasteiger partial charge on any atom is -0.381 e. The van der Waals surface area contributed by atoms with E-state index in [1.54, 1.807) is 18.2 Å². The second-order valence-corrected chi connectivity index (χ2v) is 14.0.